The van der Waals surface area contributed by atoms with Gasteiger partial charge in [-0.05, 0) is 54.9 Å². The molecule has 0 atom stereocenters. The number of aromatic nitrogens is 4. The molecule has 0 radical (unpaired) electrons. The molecule has 1 saturated heterocycles. The van der Waals surface area contributed by atoms with Gasteiger partial charge in [0, 0.05) is 25.6 Å². The van der Waals surface area contributed by atoms with E-state index in [9.17, 15) is 4.79 Å². The fourth-order valence-electron chi connectivity index (χ4n) is 3.67. The highest BCUT2D eigenvalue weighted by Crippen LogP contribution is 2.31. The smallest absolute Gasteiger partial charge is 0.225 e. The lowest BCUT2D eigenvalue weighted by molar-refractivity contribution is -0.136. The first-order valence-corrected chi connectivity index (χ1v) is 8.32. The maximum atomic E-state index is 12.6. The van der Waals surface area contributed by atoms with Crippen LogP contribution in [0, 0.1) is 11.8 Å². The summed E-state index contributed by atoms with van der Waals surface area (Å²) in [6.07, 6.45) is 10.9. The van der Waals surface area contributed by atoms with E-state index in [0.29, 0.717) is 11.8 Å². The molecule has 21 heavy (non-hydrogen) atoms. The third kappa shape index (κ3) is 3.80. The Morgan fingerprint density at radius 1 is 1.05 bits per heavy atom. The minimum absolute atomic E-state index is 0.258. The van der Waals surface area contributed by atoms with Crippen molar-refractivity contribution in [3.05, 3.63) is 6.33 Å². The number of rotatable bonds is 3. The molecular formula is C15H25N5O. The summed E-state index contributed by atoms with van der Waals surface area (Å²) in [7, 11) is 0. The molecule has 1 amide bonds. The molecule has 0 bridgehead atoms. The van der Waals surface area contributed by atoms with Crippen molar-refractivity contribution in [3.63, 3.8) is 0 Å². The van der Waals surface area contributed by atoms with Crippen molar-refractivity contribution in [3.8, 4) is 0 Å². The number of carbonyl (C=O) groups excluding carboxylic acids is 1. The summed E-state index contributed by atoms with van der Waals surface area (Å²) in [5.74, 6) is 1.28. The van der Waals surface area contributed by atoms with Crippen LogP contribution in [0.25, 0.3) is 0 Å². The Hall–Kier alpha value is -1.46. The minimum atomic E-state index is 0.258. The summed E-state index contributed by atoms with van der Waals surface area (Å²) in [6, 6.07) is 0. The highest BCUT2D eigenvalue weighted by molar-refractivity contribution is 5.78. The fourth-order valence-corrected chi connectivity index (χ4v) is 3.67. The summed E-state index contributed by atoms with van der Waals surface area (Å²) < 4.78 is 1.81. The van der Waals surface area contributed by atoms with Gasteiger partial charge in [0.15, 0.2) is 0 Å². The molecule has 116 valence electrons. The highest BCUT2D eigenvalue weighted by atomic mass is 16.2. The van der Waals surface area contributed by atoms with Crippen LogP contribution in [-0.2, 0) is 11.3 Å². The number of carbonyl (C=O) groups is 1. The first kappa shape index (κ1) is 14.5. The van der Waals surface area contributed by atoms with Crippen molar-refractivity contribution in [2.24, 2.45) is 11.8 Å². The summed E-state index contributed by atoms with van der Waals surface area (Å²) in [4.78, 5) is 14.7. The number of hydrogen-bond acceptors (Lipinski definition) is 4. The molecule has 0 spiro atoms. The predicted octanol–water partition coefficient (Wildman–Crippen LogP) is 1.88. The van der Waals surface area contributed by atoms with Crippen LogP contribution in [0.15, 0.2) is 6.33 Å². The van der Waals surface area contributed by atoms with Gasteiger partial charge in [0.05, 0.1) is 0 Å². The van der Waals surface area contributed by atoms with Gasteiger partial charge >= 0.3 is 0 Å². The zero-order valence-electron chi connectivity index (χ0n) is 12.7. The van der Waals surface area contributed by atoms with Gasteiger partial charge in [-0.1, -0.05) is 12.8 Å². The average molecular weight is 291 g/mol. The highest BCUT2D eigenvalue weighted by Gasteiger charge is 2.29. The van der Waals surface area contributed by atoms with Crippen molar-refractivity contribution < 1.29 is 4.79 Å². The minimum Gasteiger partial charge on any atom is -0.342 e. The molecule has 1 aliphatic carbocycles. The Morgan fingerprint density at radius 3 is 2.38 bits per heavy atom. The van der Waals surface area contributed by atoms with E-state index in [2.05, 4.69) is 20.4 Å². The molecule has 0 aromatic carbocycles. The van der Waals surface area contributed by atoms with Crippen molar-refractivity contribution in [1.29, 1.82) is 0 Å². The maximum absolute atomic E-state index is 12.6. The molecule has 2 fully saturated rings. The van der Waals surface area contributed by atoms with Crippen molar-refractivity contribution >= 4 is 5.91 Å². The van der Waals surface area contributed by atoms with Gasteiger partial charge in [0.1, 0.15) is 6.33 Å². The van der Waals surface area contributed by atoms with Crippen molar-refractivity contribution in [2.75, 3.05) is 13.1 Å². The van der Waals surface area contributed by atoms with E-state index in [1.165, 1.54) is 25.7 Å². The molecular weight excluding hydrogens is 266 g/mol. The van der Waals surface area contributed by atoms with Gasteiger partial charge in [-0.3, -0.25) is 4.79 Å². The molecule has 0 unspecified atom stereocenters. The van der Waals surface area contributed by atoms with Crippen LogP contribution >= 0.6 is 0 Å². The van der Waals surface area contributed by atoms with E-state index in [0.717, 1.165) is 45.3 Å². The summed E-state index contributed by atoms with van der Waals surface area (Å²) in [5, 5.41) is 11.3. The number of tetrazole rings is 1. The average Bonchev–Trinajstić information content (AvgIpc) is 2.87. The number of amides is 1. The third-order valence-corrected chi connectivity index (χ3v) is 4.95. The van der Waals surface area contributed by atoms with Gasteiger partial charge in [0.2, 0.25) is 5.91 Å². The lowest BCUT2D eigenvalue weighted by atomic mass is 9.81. The van der Waals surface area contributed by atoms with Crippen LogP contribution in [0.3, 0.4) is 0 Å². The van der Waals surface area contributed by atoms with E-state index in [-0.39, 0.29) is 5.92 Å². The maximum Gasteiger partial charge on any atom is 0.225 e. The van der Waals surface area contributed by atoms with E-state index in [4.69, 9.17) is 0 Å². The number of nitrogens with zero attached hydrogens (tertiary/aromatic N) is 5. The van der Waals surface area contributed by atoms with E-state index in [1.807, 2.05) is 4.68 Å². The monoisotopic (exact) mass is 291 g/mol. The zero-order valence-corrected chi connectivity index (χ0v) is 12.7. The van der Waals surface area contributed by atoms with Crippen LogP contribution in [0.1, 0.15) is 51.4 Å². The Morgan fingerprint density at radius 2 is 1.76 bits per heavy atom. The van der Waals surface area contributed by atoms with Gasteiger partial charge in [-0.25, -0.2) is 4.68 Å². The Kier molecular flexibility index (Phi) is 4.83. The molecule has 3 rings (SSSR count). The number of hydrogen-bond donors (Lipinski definition) is 0. The molecule has 0 N–H and O–H groups in total. The largest absolute Gasteiger partial charge is 0.342 e. The second kappa shape index (κ2) is 7.00. The van der Waals surface area contributed by atoms with E-state index in [1.54, 1.807) is 6.33 Å². The van der Waals surface area contributed by atoms with Crippen LogP contribution < -0.4 is 0 Å². The number of likely N-dealkylation sites (tertiary alicyclic amines) is 1. The second-order valence-corrected chi connectivity index (χ2v) is 6.49. The Balaban J connectivity index is 1.47. The zero-order chi connectivity index (χ0) is 14.5. The van der Waals surface area contributed by atoms with Gasteiger partial charge in [-0.15, -0.1) is 5.10 Å². The summed E-state index contributed by atoms with van der Waals surface area (Å²) in [6.45, 7) is 2.84. The molecule has 1 aromatic heterocycles. The first-order valence-electron chi connectivity index (χ1n) is 8.32. The van der Waals surface area contributed by atoms with Gasteiger partial charge < -0.3 is 4.90 Å². The molecule has 6 nitrogen and oxygen atoms in total. The van der Waals surface area contributed by atoms with Crippen LogP contribution in [0.2, 0.25) is 0 Å². The van der Waals surface area contributed by atoms with Crippen molar-refractivity contribution in [2.45, 2.75) is 57.9 Å². The fraction of sp³-hybridized carbons (Fsp3) is 0.867. The van der Waals surface area contributed by atoms with E-state index >= 15 is 0 Å². The normalized spacial score (nSPS) is 27.3. The Bertz CT molecular complexity index is 431. The first-order chi connectivity index (χ1) is 10.3. The Labute approximate surface area is 125 Å². The summed E-state index contributed by atoms with van der Waals surface area (Å²) in [5.41, 5.74) is 0. The third-order valence-electron chi connectivity index (χ3n) is 4.95. The SMILES string of the molecule is O=C(C1CCC(Cn2cnnn2)CC1)N1CCCCCC1. The second-order valence-electron chi connectivity index (χ2n) is 6.49. The van der Waals surface area contributed by atoms with Gasteiger partial charge in [-0.2, -0.15) is 0 Å². The van der Waals surface area contributed by atoms with Gasteiger partial charge in [0.25, 0.3) is 0 Å². The van der Waals surface area contributed by atoms with Crippen LogP contribution in [-0.4, -0.2) is 44.1 Å². The molecule has 1 aromatic rings. The molecule has 2 aliphatic rings. The summed E-state index contributed by atoms with van der Waals surface area (Å²) >= 11 is 0. The van der Waals surface area contributed by atoms with E-state index < -0.39 is 0 Å². The molecule has 2 heterocycles. The quantitative estimate of drug-likeness (QED) is 0.853. The standard InChI is InChI=1S/C15H25N5O/c21-15(19-9-3-1-2-4-10-19)14-7-5-13(6-8-14)11-20-12-16-17-18-20/h12-14H,1-11H2. The van der Waals surface area contributed by atoms with Crippen LogP contribution in [0.5, 0.6) is 0 Å². The lowest BCUT2D eigenvalue weighted by Crippen LogP contribution is -2.38. The topological polar surface area (TPSA) is 63.9 Å². The van der Waals surface area contributed by atoms with Crippen LogP contribution in [0.4, 0.5) is 0 Å². The molecule has 6 heteroatoms. The predicted molar refractivity (Wildman–Crippen MR) is 78.3 cm³/mol. The molecule has 1 aliphatic heterocycles. The lowest BCUT2D eigenvalue weighted by Gasteiger charge is -2.31. The molecule has 1 saturated carbocycles. The van der Waals surface area contributed by atoms with Crippen molar-refractivity contribution in [1.82, 2.24) is 25.1 Å².